The second kappa shape index (κ2) is 5.38. The third-order valence-electron chi connectivity index (χ3n) is 6.00. The Morgan fingerprint density at radius 1 is 1.09 bits per heavy atom. The number of ether oxygens (including phenoxy) is 1. The maximum absolute atomic E-state index is 12.8. The second-order valence-electron chi connectivity index (χ2n) is 7.71. The monoisotopic (exact) mass is 299 g/mol. The lowest BCUT2D eigenvalue weighted by atomic mass is 9.53. The van der Waals surface area contributed by atoms with Gasteiger partial charge in [0.05, 0.1) is 0 Å². The van der Waals surface area contributed by atoms with Crippen LogP contribution in [0.4, 0.5) is 0 Å². The van der Waals surface area contributed by atoms with Crippen molar-refractivity contribution in [2.24, 2.45) is 17.8 Å². The van der Waals surface area contributed by atoms with Gasteiger partial charge in [-0.2, -0.15) is 0 Å². The van der Waals surface area contributed by atoms with Crippen molar-refractivity contribution in [1.82, 2.24) is 5.32 Å². The molecule has 1 N–H and O–H groups in total. The molecule has 1 unspecified atom stereocenters. The van der Waals surface area contributed by atoms with Crippen molar-refractivity contribution in [2.45, 2.75) is 50.2 Å². The van der Waals surface area contributed by atoms with Crippen LogP contribution in [0.25, 0.3) is 0 Å². The van der Waals surface area contributed by atoms with Crippen molar-refractivity contribution in [3.8, 4) is 0 Å². The topological polar surface area (TPSA) is 38.3 Å². The molecule has 0 heterocycles. The van der Waals surface area contributed by atoms with Crippen molar-refractivity contribution in [3.63, 3.8) is 0 Å². The smallest absolute Gasteiger partial charge is 0.254 e. The number of nitrogens with one attached hydrogen (secondary N) is 1. The predicted octanol–water partition coefficient (Wildman–Crippen LogP) is 3.46. The number of methoxy groups -OCH3 is 1. The molecule has 4 aliphatic carbocycles. The van der Waals surface area contributed by atoms with E-state index in [-0.39, 0.29) is 11.4 Å². The number of carbonyl (C=O) groups is 1. The minimum absolute atomic E-state index is 0.0376. The van der Waals surface area contributed by atoms with Gasteiger partial charge >= 0.3 is 0 Å². The molecule has 1 aromatic carbocycles. The summed E-state index contributed by atoms with van der Waals surface area (Å²) < 4.78 is 5.50. The quantitative estimate of drug-likeness (QED) is 0.924. The third kappa shape index (κ3) is 2.45. The first-order chi connectivity index (χ1) is 10.7. The fourth-order valence-electron chi connectivity index (χ4n) is 5.61. The third-order valence-corrected chi connectivity index (χ3v) is 6.00. The molecule has 0 radical (unpaired) electrons. The lowest BCUT2D eigenvalue weighted by Gasteiger charge is -2.57. The van der Waals surface area contributed by atoms with E-state index in [9.17, 15) is 4.79 Å². The summed E-state index contributed by atoms with van der Waals surface area (Å²) in [4.78, 5) is 12.8. The number of benzene rings is 1. The molecule has 3 heteroatoms. The highest BCUT2D eigenvalue weighted by atomic mass is 16.5. The summed E-state index contributed by atoms with van der Waals surface area (Å²) in [5, 5.41) is 3.41. The lowest BCUT2D eigenvalue weighted by molar-refractivity contribution is -0.137. The molecule has 4 bridgehead atoms. The van der Waals surface area contributed by atoms with E-state index in [0.717, 1.165) is 23.3 Å². The van der Waals surface area contributed by atoms with E-state index in [1.165, 1.54) is 38.5 Å². The Labute approximate surface area is 132 Å². The van der Waals surface area contributed by atoms with Gasteiger partial charge in [0.25, 0.3) is 5.91 Å². The van der Waals surface area contributed by atoms with Crippen LogP contribution in [-0.2, 0) is 9.53 Å². The van der Waals surface area contributed by atoms with E-state index in [2.05, 4.69) is 5.32 Å². The van der Waals surface area contributed by atoms with E-state index in [1.54, 1.807) is 7.11 Å². The van der Waals surface area contributed by atoms with Crippen LogP contribution in [0, 0.1) is 17.8 Å². The number of amides is 1. The minimum atomic E-state index is -0.491. The van der Waals surface area contributed by atoms with Crippen LogP contribution in [0.5, 0.6) is 0 Å². The minimum Gasteiger partial charge on any atom is -0.367 e. The van der Waals surface area contributed by atoms with Crippen LogP contribution in [0.15, 0.2) is 30.3 Å². The summed E-state index contributed by atoms with van der Waals surface area (Å²) in [7, 11) is 1.62. The van der Waals surface area contributed by atoms with Crippen molar-refractivity contribution < 1.29 is 9.53 Å². The summed E-state index contributed by atoms with van der Waals surface area (Å²) >= 11 is 0. The van der Waals surface area contributed by atoms with Gasteiger partial charge in [-0.05, 0) is 61.8 Å². The van der Waals surface area contributed by atoms with Crippen molar-refractivity contribution in [1.29, 1.82) is 0 Å². The Kier molecular flexibility index (Phi) is 3.48. The van der Waals surface area contributed by atoms with E-state index >= 15 is 0 Å². The van der Waals surface area contributed by atoms with Gasteiger partial charge in [0.15, 0.2) is 6.10 Å². The lowest BCUT2D eigenvalue weighted by Crippen LogP contribution is -2.60. The molecule has 1 atom stereocenters. The summed E-state index contributed by atoms with van der Waals surface area (Å²) in [6.45, 7) is 0. The summed E-state index contributed by atoms with van der Waals surface area (Å²) in [5.74, 6) is 2.55. The molecule has 0 aliphatic heterocycles. The van der Waals surface area contributed by atoms with Gasteiger partial charge in [0.2, 0.25) is 0 Å². The zero-order valence-corrected chi connectivity index (χ0v) is 13.3. The molecular weight excluding hydrogens is 274 g/mol. The molecule has 4 saturated carbocycles. The van der Waals surface area contributed by atoms with Crippen LogP contribution in [0.3, 0.4) is 0 Å². The van der Waals surface area contributed by atoms with Crippen LogP contribution in [-0.4, -0.2) is 18.6 Å². The summed E-state index contributed by atoms with van der Waals surface area (Å²) in [6, 6.07) is 9.81. The SMILES string of the molecule is COC(C(=O)NC12CC3CC(CC(C3)C1)C2)c1ccccc1. The largest absolute Gasteiger partial charge is 0.367 e. The molecule has 0 spiro atoms. The normalized spacial score (nSPS) is 37.0. The number of hydrogen-bond donors (Lipinski definition) is 1. The molecule has 0 saturated heterocycles. The first kappa shape index (κ1) is 14.3. The average Bonchev–Trinajstić information content (AvgIpc) is 2.47. The first-order valence-electron chi connectivity index (χ1n) is 8.57. The van der Waals surface area contributed by atoms with Gasteiger partial charge in [-0.25, -0.2) is 0 Å². The van der Waals surface area contributed by atoms with E-state index in [1.807, 2.05) is 30.3 Å². The van der Waals surface area contributed by atoms with Gasteiger partial charge in [0.1, 0.15) is 0 Å². The van der Waals surface area contributed by atoms with E-state index in [0.29, 0.717) is 0 Å². The van der Waals surface area contributed by atoms with Crippen LogP contribution in [0.1, 0.15) is 50.2 Å². The number of hydrogen-bond acceptors (Lipinski definition) is 2. The molecular formula is C19H25NO2. The summed E-state index contributed by atoms with van der Waals surface area (Å²) in [5.41, 5.74) is 0.990. The first-order valence-corrected chi connectivity index (χ1v) is 8.57. The molecule has 5 rings (SSSR count). The second-order valence-corrected chi connectivity index (χ2v) is 7.71. The molecule has 1 aromatic rings. The van der Waals surface area contributed by atoms with Gasteiger partial charge in [-0.15, -0.1) is 0 Å². The average molecular weight is 299 g/mol. The molecule has 4 aliphatic rings. The van der Waals surface area contributed by atoms with Gasteiger partial charge in [-0.1, -0.05) is 30.3 Å². The highest BCUT2D eigenvalue weighted by Crippen LogP contribution is 2.55. The molecule has 118 valence electrons. The molecule has 1 amide bonds. The number of rotatable bonds is 4. The Morgan fingerprint density at radius 3 is 2.14 bits per heavy atom. The van der Waals surface area contributed by atoms with Crippen LogP contribution < -0.4 is 5.32 Å². The zero-order valence-electron chi connectivity index (χ0n) is 13.3. The highest BCUT2D eigenvalue weighted by molar-refractivity contribution is 5.83. The van der Waals surface area contributed by atoms with Crippen LogP contribution >= 0.6 is 0 Å². The summed E-state index contributed by atoms with van der Waals surface area (Å²) in [6.07, 6.45) is 7.21. The van der Waals surface area contributed by atoms with Gasteiger partial charge in [0, 0.05) is 12.6 Å². The zero-order chi connectivity index (χ0) is 15.2. The Hall–Kier alpha value is -1.35. The van der Waals surface area contributed by atoms with Gasteiger partial charge in [-0.3, -0.25) is 4.79 Å². The van der Waals surface area contributed by atoms with E-state index in [4.69, 9.17) is 4.74 Å². The Morgan fingerprint density at radius 2 is 1.64 bits per heavy atom. The molecule has 4 fully saturated rings. The van der Waals surface area contributed by atoms with Crippen LogP contribution in [0.2, 0.25) is 0 Å². The fourth-order valence-corrected chi connectivity index (χ4v) is 5.61. The standard InChI is InChI=1S/C19H25NO2/c1-22-17(16-5-3-2-4-6-16)18(21)20-19-10-13-7-14(11-19)9-15(8-13)12-19/h2-6,13-15,17H,7-12H2,1H3,(H,20,21). The maximum Gasteiger partial charge on any atom is 0.254 e. The van der Waals surface area contributed by atoms with Crippen molar-refractivity contribution in [3.05, 3.63) is 35.9 Å². The molecule has 3 nitrogen and oxygen atoms in total. The maximum atomic E-state index is 12.8. The predicted molar refractivity (Wildman–Crippen MR) is 85.2 cm³/mol. The van der Waals surface area contributed by atoms with Gasteiger partial charge < -0.3 is 10.1 Å². The number of carbonyl (C=O) groups excluding carboxylic acids is 1. The van der Waals surface area contributed by atoms with E-state index < -0.39 is 6.10 Å². The Balaban J connectivity index is 1.52. The fraction of sp³-hybridized carbons (Fsp3) is 0.632. The highest BCUT2D eigenvalue weighted by Gasteiger charge is 2.51. The Bertz CT molecular complexity index is 519. The van der Waals surface area contributed by atoms with Crippen molar-refractivity contribution >= 4 is 5.91 Å². The molecule has 0 aromatic heterocycles. The molecule has 22 heavy (non-hydrogen) atoms. The van der Waals surface area contributed by atoms with Crippen molar-refractivity contribution in [2.75, 3.05) is 7.11 Å².